The zero-order valence-corrected chi connectivity index (χ0v) is 21.0. The smallest absolute Gasteiger partial charge is 0.296 e. The highest BCUT2D eigenvalue weighted by Crippen LogP contribution is 2.32. The number of halogens is 3. The van der Waals surface area contributed by atoms with Crippen molar-refractivity contribution >= 4 is 40.3 Å². The molecule has 0 spiro atoms. The number of aromatic nitrogens is 5. The largest absolute Gasteiger partial charge is 0.494 e. The van der Waals surface area contributed by atoms with Gasteiger partial charge in [-0.25, -0.2) is 18.8 Å². The van der Waals surface area contributed by atoms with Gasteiger partial charge in [0.15, 0.2) is 11.6 Å². The molecule has 2 aliphatic heterocycles. The summed E-state index contributed by atoms with van der Waals surface area (Å²) >= 11 is 5.85. The summed E-state index contributed by atoms with van der Waals surface area (Å²) in [4.78, 5) is 32.2. The van der Waals surface area contributed by atoms with E-state index in [-0.39, 0.29) is 29.1 Å². The number of piperidine rings is 1. The molecule has 0 amide bonds. The number of morpholine rings is 1. The minimum Gasteiger partial charge on any atom is -0.494 e. The Balaban J connectivity index is 1.63. The Morgan fingerprint density at radius 3 is 2.68 bits per heavy atom. The number of nitrogens with one attached hydrogen (secondary N) is 1. The number of rotatable bonds is 8. The van der Waals surface area contributed by atoms with Gasteiger partial charge in [-0.3, -0.25) is 14.8 Å². The van der Waals surface area contributed by atoms with Gasteiger partial charge in [-0.2, -0.15) is 15.0 Å². The number of fused-ring (bicyclic) bond motifs is 1. The van der Waals surface area contributed by atoms with Crippen LogP contribution in [-0.4, -0.2) is 87.2 Å². The van der Waals surface area contributed by atoms with Crippen molar-refractivity contribution in [2.24, 2.45) is 0 Å². The lowest BCUT2D eigenvalue weighted by Crippen LogP contribution is -2.48. The fourth-order valence-corrected chi connectivity index (χ4v) is 4.82. The van der Waals surface area contributed by atoms with Crippen LogP contribution in [0.3, 0.4) is 0 Å². The number of hydrazine groups is 1. The molecule has 0 bridgehead atoms. The highest BCUT2D eigenvalue weighted by molar-refractivity contribution is 6.28. The highest BCUT2D eigenvalue weighted by atomic mass is 35.5. The second-order valence-electron chi connectivity index (χ2n) is 8.71. The lowest BCUT2D eigenvalue weighted by Gasteiger charge is -2.34. The number of Topliss-reactive ketones (excluding diaryl/α,β-unsaturated/α-hetero) is 1. The molecule has 0 aliphatic carbocycles. The van der Waals surface area contributed by atoms with E-state index < -0.39 is 18.3 Å². The number of ether oxygens (including phenoxy) is 2. The summed E-state index contributed by atoms with van der Waals surface area (Å²) in [5, 5.41) is 1.76. The van der Waals surface area contributed by atoms with Crippen LogP contribution in [-0.2, 0) is 9.53 Å². The Bertz CT molecular complexity index is 1270. The van der Waals surface area contributed by atoms with Crippen LogP contribution < -0.4 is 15.1 Å². The third-order valence-corrected chi connectivity index (χ3v) is 6.71. The first-order valence-electron chi connectivity index (χ1n) is 12.0. The number of benzene rings is 1. The topological polar surface area (TPSA) is 111 Å². The first-order chi connectivity index (χ1) is 18.0. The van der Waals surface area contributed by atoms with Crippen LogP contribution in [0.25, 0.3) is 17.0 Å². The van der Waals surface area contributed by atoms with Crippen molar-refractivity contribution in [3.8, 4) is 11.7 Å². The third kappa shape index (κ3) is 5.15. The summed E-state index contributed by atoms with van der Waals surface area (Å²) in [6, 6.07) is 4.56. The van der Waals surface area contributed by atoms with Crippen molar-refractivity contribution in [1.29, 1.82) is 0 Å². The summed E-state index contributed by atoms with van der Waals surface area (Å²) in [6.45, 7) is 2.60. The van der Waals surface area contributed by atoms with Crippen LogP contribution in [0.15, 0.2) is 18.2 Å². The average molecular weight is 537 g/mol. The molecular formula is C23H27ClF2N8O3. The molecule has 4 heterocycles. The molecule has 1 aromatic carbocycles. The van der Waals surface area contributed by atoms with E-state index in [1.807, 2.05) is 4.90 Å². The molecule has 2 saturated heterocycles. The number of carbonyl (C=O) groups is 1. The lowest BCUT2D eigenvalue weighted by molar-refractivity contribution is -0.122. The van der Waals surface area contributed by atoms with Gasteiger partial charge in [-0.05, 0) is 25.0 Å². The van der Waals surface area contributed by atoms with Gasteiger partial charge in [-0.15, -0.1) is 11.6 Å². The van der Waals surface area contributed by atoms with Crippen LogP contribution in [0.4, 0.5) is 20.7 Å². The summed E-state index contributed by atoms with van der Waals surface area (Å²) in [5.74, 6) is 0.0351. The Morgan fingerprint density at radius 1 is 1.16 bits per heavy atom. The van der Waals surface area contributed by atoms with Crippen molar-refractivity contribution in [3.05, 3.63) is 24.0 Å². The van der Waals surface area contributed by atoms with Gasteiger partial charge in [0.05, 0.1) is 37.8 Å². The van der Waals surface area contributed by atoms with E-state index in [0.29, 0.717) is 56.5 Å². The number of ketones is 1. The van der Waals surface area contributed by atoms with E-state index in [1.165, 1.54) is 11.7 Å². The number of carbonyl (C=O) groups excluding carboxylic acids is 1. The number of imidazole rings is 1. The zero-order valence-electron chi connectivity index (χ0n) is 20.2. The Morgan fingerprint density at radius 2 is 1.95 bits per heavy atom. The lowest BCUT2D eigenvalue weighted by atomic mass is 10.0. The van der Waals surface area contributed by atoms with Crippen molar-refractivity contribution < 1.29 is 23.0 Å². The summed E-state index contributed by atoms with van der Waals surface area (Å²) < 4.78 is 40.4. The molecule has 14 heteroatoms. The molecule has 198 valence electrons. The van der Waals surface area contributed by atoms with Crippen molar-refractivity contribution in [1.82, 2.24) is 29.5 Å². The van der Waals surface area contributed by atoms with Gasteiger partial charge in [0.1, 0.15) is 11.3 Å². The summed E-state index contributed by atoms with van der Waals surface area (Å²) in [7, 11) is 1.45. The van der Waals surface area contributed by atoms with E-state index in [0.717, 1.165) is 12.8 Å². The maximum atomic E-state index is 14.2. The van der Waals surface area contributed by atoms with Gasteiger partial charge >= 0.3 is 0 Å². The Labute approximate surface area is 216 Å². The van der Waals surface area contributed by atoms with Crippen LogP contribution in [0.2, 0.25) is 0 Å². The predicted molar refractivity (Wildman–Crippen MR) is 133 cm³/mol. The van der Waals surface area contributed by atoms with E-state index in [4.69, 9.17) is 21.1 Å². The first-order valence-corrected chi connectivity index (χ1v) is 12.6. The van der Waals surface area contributed by atoms with E-state index in [9.17, 15) is 13.6 Å². The molecule has 0 saturated carbocycles. The fraction of sp³-hybridized carbons (Fsp3) is 0.522. The molecule has 5 rings (SSSR count). The monoisotopic (exact) mass is 536 g/mol. The number of alkyl halides is 3. The minimum absolute atomic E-state index is 0.0257. The second kappa shape index (κ2) is 11.1. The van der Waals surface area contributed by atoms with Gasteiger partial charge in [-0.1, -0.05) is 12.5 Å². The van der Waals surface area contributed by atoms with Gasteiger partial charge in [0, 0.05) is 19.6 Å². The molecule has 37 heavy (non-hydrogen) atoms. The minimum atomic E-state index is -2.90. The fourth-order valence-electron chi connectivity index (χ4n) is 4.64. The molecule has 11 nitrogen and oxygen atoms in total. The molecular weight excluding hydrogens is 510 g/mol. The number of hydrogen-bond acceptors (Lipinski definition) is 10. The van der Waals surface area contributed by atoms with Crippen LogP contribution >= 0.6 is 11.6 Å². The Kier molecular flexibility index (Phi) is 7.63. The molecule has 1 N–H and O–H groups in total. The second-order valence-corrected chi connectivity index (χ2v) is 8.98. The maximum Gasteiger partial charge on any atom is 0.296 e. The molecule has 0 radical (unpaired) electrons. The van der Waals surface area contributed by atoms with Crippen LogP contribution in [0.5, 0.6) is 5.75 Å². The molecule has 2 fully saturated rings. The van der Waals surface area contributed by atoms with E-state index >= 15 is 0 Å². The standard InChI is InChI=1S/C23H27ClF2N8O3/c1-36-17-7-4-6-15-18(17)27-20(19(25)26)34(15)23-29-21(28-22(30-23)32-9-11-37-12-10-32)31-33-8-3-2-5-14(33)16(35)13-24/h4,6-7,14,19H,2-3,5,8-13H2,1H3,(H,28,29,30,31)/t14-/m0/s1. The molecule has 2 aliphatic rings. The number of para-hydroxylation sites is 1. The van der Waals surface area contributed by atoms with Crippen molar-refractivity contribution in [3.63, 3.8) is 0 Å². The maximum absolute atomic E-state index is 14.2. The van der Waals surface area contributed by atoms with Gasteiger partial charge < -0.3 is 14.4 Å². The SMILES string of the molecule is COc1cccc2c1nc(C(F)F)n2-c1nc(NN2CCCC[C@H]2C(=O)CCl)nc(N2CCOCC2)n1. The van der Waals surface area contributed by atoms with E-state index in [2.05, 4.69) is 25.4 Å². The zero-order chi connectivity index (χ0) is 25.9. The Hall–Kier alpha value is -3.16. The van der Waals surface area contributed by atoms with Gasteiger partial charge in [0.2, 0.25) is 17.8 Å². The number of hydrogen-bond donors (Lipinski definition) is 1. The molecule has 0 unspecified atom stereocenters. The van der Waals surface area contributed by atoms with Crippen molar-refractivity contribution in [2.75, 3.05) is 56.2 Å². The highest BCUT2D eigenvalue weighted by Gasteiger charge is 2.30. The average Bonchev–Trinajstić information content (AvgIpc) is 3.34. The van der Waals surface area contributed by atoms with Crippen LogP contribution in [0, 0.1) is 0 Å². The normalized spacial score (nSPS) is 18.9. The predicted octanol–water partition coefficient (Wildman–Crippen LogP) is 2.98. The number of methoxy groups -OCH3 is 1. The molecule has 1 atom stereocenters. The van der Waals surface area contributed by atoms with Crippen molar-refractivity contribution in [2.45, 2.75) is 31.7 Å². The number of anilines is 2. The van der Waals surface area contributed by atoms with Crippen LogP contribution in [0.1, 0.15) is 31.5 Å². The quantitative estimate of drug-likeness (QED) is 0.431. The first kappa shape index (κ1) is 25.5. The molecule has 2 aromatic heterocycles. The van der Waals surface area contributed by atoms with Gasteiger partial charge in [0.25, 0.3) is 6.43 Å². The summed E-state index contributed by atoms with van der Waals surface area (Å²) in [5.41, 5.74) is 3.77. The summed E-state index contributed by atoms with van der Waals surface area (Å²) in [6.07, 6.45) is -0.485. The third-order valence-electron chi connectivity index (χ3n) is 6.44. The van der Waals surface area contributed by atoms with E-state index in [1.54, 1.807) is 23.2 Å². The molecule has 3 aromatic rings. The number of nitrogens with zero attached hydrogens (tertiary/aromatic N) is 7.